The molecule has 2 amide bonds. The molecule has 2 fully saturated rings. The van der Waals surface area contributed by atoms with Crippen molar-refractivity contribution < 1.29 is 14.7 Å². The van der Waals surface area contributed by atoms with Gasteiger partial charge in [-0.1, -0.05) is 13.8 Å². The minimum absolute atomic E-state index is 0.0370. The third-order valence-corrected chi connectivity index (χ3v) is 3.60. The van der Waals surface area contributed by atoms with Crippen molar-refractivity contribution in [3.8, 4) is 0 Å². The van der Waals surface area contributed by atoms with E-state index in [2.05, 4.69) is 13.8 Å². The molecule has 0 aromatic rings. The summed E-state index contributed by atoms with van der Waals surface area (Å²) in [5, 5.41) is 8.97. The summed E-state index contributed by atoms with van der Waals surface area (Å²) in [5.74, 6) is -0.714. The molecule has 1 aliphatic carbocycles. The van der Waals surface area contributed by atoms with Gasteiger partial charge in [-0.15, -0.1) is 0 Å². The Morgan fingerprint density at radius 3 is 2.44 bits per heavy atom. The molecule has 0 radical (unpaired) electrons. The Kier molecular flexibility index (Phi) is 3.78. The van der Waals surface area contributed by atoms with Crippen LogP contribution in [0.1, 0.15) is 33.1 Å². The van der Waals surface area contributed by atoms with Gasteiger partial charge >= 0.3 is 12.0 Å². The molecule has 1 N–H and O–H groups in total. The highest BCUT2D eigenvalue weighted by Gasteiger charge is 2.38. The molecule has 102 valence electrons. The van der Waals surface area contributed by atoms with Gasteiger partial charge in [0.05, 0.1) is 5.92 Å². The number of likely N-dealkylation sites (tertiary alicyclic amines) is 1. The molecule has 0 spiro atoms. The summed E-state index contributed by atoms with van der Waals surface area (Å²) in [4.78, 5) is 26.9. The van der Waals surface area contributed by atoms with Crippen LogP contribution in [-0.4, -0.2) is 52.6 Å². The van der Waals surface area contributed by atoms with Gasteiger partial charge in [0.1, 0.15) is 0 Å². The Morgan fingerprint density at radius 1 is 1.33 bits per heavy atom. The van der Waals surface area contributed by atoms with Crippen LogP contribution in [0.3, 0.4) is 0 Å². The molecule has 2 aliphatic rings. The van der Waals surface area contributed by atoms with Crippen LogP contribution in [0.15, 0.2) is 0 Å². The van der Waals surface area contributed by atoms with Gasteiger partial charge in [0.15, 0.2) is 0 Å². The first-order valence-corrected chi connectivity index (χ1v) is 6.77. The zero-order chi connectivity index (χ0) is 13.3. The van der Waals surface area contributed by atoms with Crippen LogP contribution in [0.4, 0.5) is 4.79 Å². The Morgan fingerprint density at radius 2 is 2.00 bits per heavy atom. The average molecular weight is 254 g/mol. The maximum Gasteiger partial charge on any atom is 0.320 e. The van der Waals surface area contributed by atoms with Gasteiger partial charge in [0, 0.05) is 25.7 Å². The fourth-order valence-electron chi connectivity index (χ4n) is 2.48. The SMILES string of the molecule is CC(C)CN(C(=O)N1CCC(C(=O)O)C1)C1CC1. The van der Waals surface area contributed by atoms with Gasteiger partial charge in [-0.25, -0.2) is 4.79 Å². The first kappa shape index (κ1) is 13.2. The lowest BCUT2D eigenvalue weighted by Crippen LogP contribution is -2.45. The van der Waals surface area contributed by atoms with Crippen LogP contribution < -0.4 is 0 Å². The van der Waals surface area contributed by atoms with Crippen molar-refractivity contribution in [2.24, 2.45) is 11.8 Å². The van der Waals surface area contributed by atoms with E-state index in [4.69, 9.17) is 5.11 Å². The summed E-state index contributed by atoms with van der Waals surface area (Å²) in [6, 6.07) is 0.429. The standard InChI is InChI=1S/C13H22N2O3/c1-9(2)7-15(11-3-4-11)13(18)14-6-5-10(8-14)12(16)17/h9-11H,3-8H2,1-2H3,(H,16,17). The van der Waals surface area contributed by atoms with E-state index < -0.39 is 5.97 Å². The maximum absolute atomic E-state index is 12.4. The van der Waals surface area contributed by atoms with Gasteiger partial charge in [0.25, 0.3) is 0 Å². The second-order valence-corrected chi connectivity index (χ2v) is 5.83. The molecule has 1 saturated carbocycles. The number of carbonyl (C=O) groups is 2. The summed E-state index contributed by atoms with van der Waals surface area (Å²) in [5.41, 5.74) is 0. The third-order valence-electron chi connectivity index (χ3n) is 3.60. The second kappa shape index (κ2) is 5.16. The predicted octanol–water partition coefficient (Wildman–Crippen LogP) is 1.63. The van der Waals surface area contributed by atoms with Crippen LogP contribution in [-0.2, 0) is 4.79 Å². The Labute approximate surface area is 108 Å². The normalized spacial score (nSPS) is 23.5. The number of carbonyl (C=O) groups excluding carboxylic acids is 1. The quantitative estimate of drug-likeness (QED) is 0.829. The molecule has 1 saturated heterocycles. The largest absolute Gasteiger partial charge is 0.481 e. The molecule has 18 heavy (non-hydrogen) atoms. The van der Waals surface area contributed by atoms with E-state index in [9.17, 15) is 9.59 Å². The van der Waals surface area contributed by atoms with Crippen LogP contribution in [0.2, 0.25) is 0 Å². The topological polar surface area (TPSA) is 60.9 Å². The van der Waals surface area contributed by atoms with E-state index >= 15 is 0 Å². The van der Waals surface area contributed by atoms with E-state index in [-0.39, 0.29) is 11.9 Å². The van der Waals surface area contributed by atoms with Crippen LogP contribution in [0, 0.1) is 11.8 Å². The summed E-state index contributed by atoms with van der Waals surface area (Å²) in [6.45, 7) is 5.93. The molecular formula is C13H22N2O3. The van der Waals surface area contributed by atoms with Crippen molar-refractivity contribution in [2.45, 2.75) is 39.2 Å². The molecule has 2 rings (SSSR count). The second-order valence-electron chi connectivity index (χ2n) is 5.83. The molecule has 0 aromatic heterocycles. The number of aliphatic carboxylic acids is 1. The molecule has 1 unspecified atom stereocenters. The number of urea groups is 1. The molecule has 1 atom stereocenters. The lowest BCUT2D eigenvalue weighted by molar-refractivity contribution is -0.141. The lowest BCUT2D eigenvalue weighted by atomic mass is 10.1. The number of carboxylic acids is 1. The van der Waals surface area contributed by atoms with Crippen molar-refractivity contribution in [3.63, 3.8) is 0 Å². The first-order valence-electron chi connectivity index (χ1n) is 6.77. The van der Waals surface area contributed by atoms with E-state index in [0.717, 1.165) is 19.4 Å². The molecule has 5 nitrogen and oxygen atoms in total. The highest BCUT2D eigenvalue weighted by molar-refractivity contribution is 5.78. The predicted molar refractivity (Wildman–Crippen MR) is 67.3 cm³/mol. The maximum atomic E-state index is 12.4. The van der Waals surface area contributed by atoms with Crippen molar-refractivity contribution in [3.05, 3.63) is 0 Å². The number of hydrogen-bond donors (Lipinski definition) is 1. The van der Waals surface area contributed by atoms with Gasteiger partial charge in [-0.05, 0) is 25.2 Å². The molecule has 1 heterocycles. The average Bonchev–Trinajstić information content (AvgIpc) is 3.00. The van der Waals surface area contributed by atoms with Gasteiger partial charge in [-0.3, -0.25) is 4.79 Å². The van der Waals surface area contributed by atoms with Crippen LogP contribution >= 0.6 is 0 Å². The van der Waals surface area contributed by atoms with Crippen LogP contribution in [0.5, 0.6) is 0 Å². The zero-order valence-corrected chi connectivity index (χ0v) is 11.1. The number of nitrogens with zero attached hydrogens (tertiary/aromatic N) is 2. The number of carboxylic acid groups (broad SMARTS) is 1. The fraction of sp³-hybridized carbons (Fsp3) is 0.846. The minimum atomic E-state index is -0.785. The molecule has 0 bridgehead atoms. The highest BCUT2D eigenvalue weighted by Crippen LogP contribution is 2.30. The smallest absolute Gasteiger partial charge is 0.320 e. The van der Waals surface area contributed by atoms with Gasteiger partial charge in [0.2, 0.25) is 0 Å². The fourth-order valence-corrected chi connectivity index (χ4v) is 2.48. The summed E-state index contributed by atoms with van der Waals surface area (Å²) in [7, 11) is 0. The van der Waals surface area contributed by atoms with Crippen molar-refractivity contribution in [1.82, 2.24) is 9.80 Å². The Hall–Kier alpha value is -1.26. The molecule has 0 aromatic carbocycles. The number of rotatable bonds is 4. The van der Waals surface area contributed by atoms with E-state index in [1.807, 2.05) is 4.90 Å². The molecular weight excluding hydrogens is 232 g/mol. The van der Waals surface area contributed by atoms with Crippen molar-refractivity contribution in [1.29, 1.82) is 0 Å². The summed E-state index contributed by atoms with van der Waals surface area (Å²) >= 11 is 0. The monoisotopic (exact) mass is 254 g/mol. The Balaban J connectivity index is 1.94. The van der Waals surface area contributed by atoms with Gasteiger partial charge in [-0.2, -0.15) is 0 Å². The summed E-state index contributed by atoms with van der Waals surface area (Å²) in [6.07, 6.45) is 2.77. The van der Waals surface area contributed by atoms with Crippen molar-refractivity contribution >= 4 is 12.0 Å². The first-order chi connectivity index (χ1) is 8.49. The lowest BCUT2D eigenvalue weighted by Gasteiger charge is -2.29. The van der Waals surface area contributed by atoms with E-state index in [0.29, 0.717) is 31.5 Å². The van der Waals surface area contributed by atoms with E-state index in [1.54, 1.807) is 4.90 Å². The van der Waals surface area contributed by atoms with E-state index in [1.165, 1.54) is 0 Å². The minimum Gasteiger partial charge on any atom is -0.481 e. The van der Waals surface area contributed by atoms with Crippen LogP contribution in [0.25, 0.3) is 0 Å². The highest BCUT2D eigenvalue weighted by atomic mass is 16.4. The number of amides is 2. The zero-order valence-electron chi connectivity index (χ0n) is 11.1. The molecule has 5 heteroatoms. The third kappa shape index (κ3) is 2.94. The van der Waals surface area contributed by atoms with Gasteiger partial charge < -0.3 is 14.9 Å². The van der Waals surface area contributed by atoms with Crippen molar-refractivity contribution in [2.75, 3.05) is 19.6 Å². The summed E-state index contributed by atoms with van der Waals surface area (Å²) < 4.78 is 0. The molecule has 1 aliphatic heterocycles. The number of hydrogen-bond acceptors (Lipinski definition) is 2. The Bertz CT molecular complexity index is 339.